The van der Waals surface area contributed by atoms with Crippen molar-refractivity contribution in [2.45, 2.75) is 25.7 Å². The summed E-state index contributed by atoms with van der Waals surface area (Å²) in [6, 6.07) is 5.87. The molecule has 100 valence electrons. The number of nitrogens with one attached hydrogen (secondary N) is 2. The largest absolute Gasteiger partial charge is 0.388 e. The number of rotatable bonds is 4. The molecular formula is C15H24N2O. The molecule has 2 rings (SSSR count). The van der Waals surface area contributed by atoms with Gasteiger partial charge in [-0.1, -0.05) is 19.3 Å². The van der Waals surface area contributed by atoms with Crippen LogP contribution in [0.2, 0.25) is 0 Å². The molecule has 1 saturated carbocycles. The Morgan fingerprint density at radius 3 is 2.39 bits per heavy atom. The Balaban J connectivity index is 0.000000492. The minimum absolute atomic E-state index is 0.781. The lowest BCUT2D eigenvalue weighted by Gasteiger charge is -2.26. The predicted molar refractivity (Wildman–Crippen MR) is 77.4 cm³/mol. The van der Waals surface area contributed by atoms with Gasteiger partial charge in [-0.25, -0.2) is 0 Å². The zero-order valence-electron chi connectivity index (χ0n) is 11.6. The van der Waals surface area contributed by atoms with Gasteiger partial charge in [0.15, 0.2) is 0 Å². The average Bonchev–Trinajstić information content (AvgIpc) is 2.34. The summed E-state index contributed by atoms with van der Waals surface area (Å²) in [5, 5.41) is 5.93. The van der Waals surface area contributed by atoms with Crippen molar-refractivity contribution in [2.75, 3.05) is 26.5 Å². The van der Waals surface area contributed by atoms with Crippen LogP contribution >= 0.6 is 0 Å². The van der Waals surface area contributed by atoms with E-state index >= 15 is 0 Å². The van der Waals surface area contributed by atoms with Gasteiger partial charge < -0.3 is 10.6 Å². The van der Waals surface area contributed by atoms with Crippen LogP contribution in [0.5, 0.6) is 0 Å². The molecule has 2 N–H and O–H groups in total. The topological polar surface area (TPSA) is 41.1 Å². The van der Waals surface area contributed by atoms with E-state index < -0.39 is 0 Å². The molecule has 3 nitrogen and oxygen atoms in total. The molecule has 1 fully saturated rings. The van der Waals surface area contributed by atoms with Crippen molar-refractivity contribution in [1.82, 2.24) is 5.32 Å². The van der Waals surface area contributed by atoms with Crippen molar-refractivity contribution in [3.8, 4) is 0 Å². The summed E-state index contributed by atoms with van der Waals surface area (Å²) in [6.07, 6.45) is 6.08. The smallest absolute Gasteiger partial charge is 0.150 e. The zero-order chi connectivity index (χ0) is 13.4. The lowest BCUT2D eigenvalue weighted by atomic mass is 9.80. The standard InChI is InChI=1S/C13H17NO.C2H7N/c1-14-13-6-5-11(9-15)8-12(13)7-10-3-2-4-10;1-3-2/h5-6,8-10,14H,2-4,7H2,1H3;3H,1-2H3. The summed E-state index contributed by atoms with van der Waals surface area (Å²) < 4.78 is 0. The number of carbonyl (C=O) groups excluding carboxylic acids is 1. The Bertz CT molecular complexity index is 373. The monoisotopic (exact) mass is 248 g/mol. The van der Waals surface area contributed by atoms with E-state index in [1.165, 1.54) is 24.8 Å². The molecule has 0 spiro atoms. The molecule has 0 atom stereocenters. The molecule has 0 heterocycles. The van der Waals surface area contributed by atoms with E-state index in [1.54, 1.807) is 0 Å². The number of anilines is 1. The number of aldehydes is 1. The molecule has 0 saturated heterocycles. The Morgan fingerprint density at radius 1 is 1.28 bits per heavy atom. The first-order valence-electron chi connectivity index (χ1n) is 6.59. The highest BCUT2D eigenvalue weighted by Crippen LogP contribution is 2.32. The Hall–Kier alpha value is -1.35. The summed E-state index contributed by atoms with van der Waals surface area (Å²) >= 11 is 0. The third kappa shape index (κ3) is 4.15. The first-order valence-corrected chi connectivity index (χ1v) is 6.59. The summed E-state index contributed by atoms with van der Waals surface area (Å²) in [5.74, 6) is 0.832. The fraction of sp³-hybridized carbons (Fsp3) is 0.533. The van der Waals surface area contributed by atoms with Crippen molar-refractivity contribution in [2.24, 2.45) is 5.92 Å². The van der Waals surface area contributed by atoms with Crippen molar-refractivity contribution in [3.63, 3.8) is 0 Å². The van der Waals surface area contributed by atoms with E-state index in [2.05, 4.69) is 10.6 Å². The van der Waals surface area contributed by atoms with Crippen LogP contribution in [0.4, 0.5) is 5.69 Å². The van der Waals surface area contributed by atoms with Gasteiger partial charge in [-0.15, -0.1) is 0 Å². The highest BCUT2D eigenvalue weighted by molar-refractivity contribution is 5.76. The van der Waals surface area contributed by atoms with E-state index in [4.69, 9.17) is 0 Å². The molecule has 0 amide bonds. The van der Waals surface area contributed by atoms with Crippen LogP contribution < -0.4 is 10.6 Å². The second kappa shape index (κ2) is 7.88. The predicted octanol–water partition coefficient (Wildman–Crippen LogP) is 2.72. The maximum absolute atomic E-state index is 10.7. The molecule has 0 aliphatic heterocycles. The first-order chi connectivity index (χ1) is 8.74. The number of hydrogen-bond donors (Lipinski definition) is 2. The quantitative estimate of drug-likeness (QED) is 0.805. The normalized spacial score (nSPS) is 14.2. The minimum atomic E-state index is 0.781. The van der Waals surface area contributed by atoms with Crippen LogP contribution in [0, 0.1) is 5.92 Å². The van der Waals surface area contributed by atoms with Crippen molar-refractivity contribution in [3.05, 3.63) is 29.3 Å². The van der Waals surface area contributed by atoms with Gasteiger partial charge in [0, 0.05) is 18.3 Å². The lowest BCUT2D eigenvalue weighted by molar-refractivity contribution is 0.112. The number of carbonyl (C=O) groups is 1. The second-order valence-electron chi connectivity index (χ2n) is 4.79. The van der Waals surface area contributed by atoms with Crippen LogP contribution in [0.15, 0.2) is 18.2 Å². The van der Waals surface area contributed by atoms with Gasteiger partial charge in [-0.3, -0.25) is 4.79 Å². The van der Waals surface area contributed by atoms with Gasteiger partial charge in [-0.2, -0.15) is 0 Å². The van der Waals surface area contributed by atoms with Crippen LogP contribution in [-0.2, 0) is 6.42 Å². The highest BCUT2D eigenvalue weighted by Gasteiger charge is 2.19. The third-order valence-electron chi connectivity index (χ3n) is 3.27. The minimum Gasteiger partial charge on any atom is -0.388 e. The van der Waals surface area contributed by atoms with Crippen molar-refractivity contribution < 1.29 is 4.79 Å². The molecule has 3 heteroatoms. The summed E-state index contributed by atoms with van der Waals surface area (Å²) in [7, 11) is 5.68. The van der Waals surface area contributed by atoms with Gasteiger partial charge in [-0.05, 0) is 50.2 Å². The van der Waals surface area contributed by atoms with Gasteiger partial charge in [0.25, 0.3) is 0 Å². The zero-order valence-corrected chi connectivity index (χ0v) is 11.6. The highest BCUT2D eigenvalue weighted by atomic mass is 16.1. The molecular weight excluding hydrogens is 224 g/mol. The van der Waals surface area contributed by atoms with Crippen LogP contribution in [-0.4, -0.2) is 27.4 Å². The molecule has 1 aliphatic carbocycles. The lowest BCUT2D eigenvalue weighted by Crippen LogP contribution is -2.14. The molecule has 0 bridgehead atoms. The van der Waals surface area contributed by atoms with E-state index in [0.717, 1.165) is 29.9 Å². The van der Waals surface area contributed by atoms with E-state index in [9.17, 15) is 4.79 Å². The van der Waals surface area contributed by atoms with Crippen LogP contribution in [0.25, 0.3) is 0 Å². The van der Waals surface area contributed by atoms with Gasteiger partial charge in [0.05, 0.1) is 0 Å². The van der Waals surface area contributed by atoms with Crippen LogP contribution in [0.3, 0.4) is 0 Å². The van der Waals surface area contributed by atoms with E-state index in [1.807, 2.05) is 39.3 Å². The maximum atomic E-state index is 10.7. The summed E-state index contributed by atoms with van der Waals surface area (Å²) in [4.78, 5) is 10.7. The van der Waals surface area contributed by atoms with Crippen molar-refractivity contribution in [1.29, 1.82) is 0 Å². The average molecular weight is 248 g/mol. The fourth-order valence-electron chi connectivity index (χ4n) is 2.11. The summed E-state index contributed by atoms with van der Waals surface area (Å²) in [6.45, 7) is 0. The van der Waals surface area contributed by atoms with Gasteiger partial charge in [0.2, 0.25) is 0 Å². The molecule has 0 radical (unpaired) electrons. The Morgan fingerprint density at radius 2 is 1.94 bits per heavy atom. The van der Waals surface area contributed by atoms with E-state index in [0.29, 0.717) is 0 Å². The Labute approximate surface area is 110 Å². The van der Waals surface area contributed by atoms with Crippen molar-refractivity contribution >= 4 is 12.0 Å². The van der Waals surface area contributed by atoms with E-state index in [-0.39, 0.29) is 0 Å². The molecule has 18 heavy (non-hydrogen) atoms. The molecule has 0 aromatic heterocycles. The molecule has 1 aromatic rings. The van der Waals surface area contributed by atoms with Gasteiger partial charge in [0.1, 0.15) is 6.29 Å². The third-order valence-corrected chi connectivity index (χ3v) is 3.27. The molecule has 0 unspecified atom stereocenters. The van der Waals surface area contributed by atoms with Crippen LogP contribution in [0.1, 0.15) is 35.2 Å². The van der Waals surface area contributed by atoms with Gasteiger partial charge >= 0.3 is 0 Å². The summed E-state index contributed by atoms with van der Waals surface area (Å²) in [5.41, 5.74) is 3.22. The maximum Gasteiger partial charge on any atom is 0.150 e. The number of hydrogen-bond acceptors (Lipinski definition) is 3. The fourth-order valence-corrected chi connectivity index (χ4v) is 2.11. The molecule has 1 aliphatic rings. The molecule has 1 aromatic carbocycles. The number of benzene rings is 1. The first kappa shape index (κ1) is 14.7. The second-order valence-corrected chi connectivity index (χ2v) is 4.79. The SMILES string of the molecule is CNC.CNc1ccc(C=O)cc1CC1CCC1. The Kier molecular flexibility index (Phi) is 6.44.